The maximum atomic E-state index is 13.8. The summed E-state index contributed by atoms with van der Waals surface area (Å²) in [6.45, 7) is 2.71. The van der Waals surface area contributed by atoms with Crippen LogP contribution < -0.4 is 10.1 Å². The summed E-state index contributed by atoms with van der Waals surface area (Å²) in [6.07, 6.45) is 2.29. The predicted octanol–water partition coefficient (Wildman–Crippen LogP) is 3.75. The highest BCUT2D eigenvalue weighted by Gasteiger charge is 2.11. The summed E-state index contributed by atoms with van der Waals surface area (Å²) in [5, 5.41) is 11.8. The van der Waals surface area contributed by atoms with Crippen molar-refractivity contribution in [3.63, 3.8) is 0 Å². The summed E-state index contributed by atoms with van der Waals surface area (Å²) in [5.74, 6) is -0.318. The van der Waals surface area contributed by atoms with Gasteiger partial charge >= 0.3 is 0 Å². The molecule has 108 valence electrons. The van der Waals surface area contributed by atoms with Crippen molar-refractivity contribution in [1.29, 1.82) is 5.26 Å². The number of aromatic nitrogens is 2. The second-order valence-corrected chi connectivity index (χ2v) is 4.54. The summed E-state index contributed by atoms with van der Waals surface area (Å²) in [4.78, 5) is 8.08. The first kappa shape index (κ1) is 15.0. The molecule has 2 rings (SSSR count). The second-order valence-electron chi connectivity index (χ2n) is 4.13. The number of benzene rings is 1. The molecule has 0 aliphatic rings. The number of ether oxygens (including phenoxy) is 1. The van der Waals surface area contributed by atoms with Crippen LogP contribution in [0.1, 0.15) is 18.9 Å². The van der Waals surface area contributed by atoms with Gasteiger partial charge in [0, 0.05) is 6.54 Å². The van der Waals surface area contributed by atoms with Gasteiger partial charge in [0.25, 0.3) is 0 Å². The van der Waals surface area contributed by atoms with Crippen LogP contribution in [0.25, 0.3) is 0 Å². The van der Waals surface area contributed by atoms with Crippen molar-refractivity contribution >= 4 is 17.5 Å². The quantitative estimate of drug-likeness (QED) is 0.910. The van der Waals surface area contributed by atoms with E-state index in [1.54, 1.807) is 0 Å². The van der Waals surface area contributed by atoms with Crippen LogP contribution >= 0.6 is 11.6 Å². The Kier molecular flexibility index (Phi) is 4.90. The summed E-state index contributed by atoms with van der Waals surface area (Å²) in [5.41, 5.74) is 0.207. The van der Waals surface area contributed by atoms with E-state index in [1.165, 1.54) is 18.3 Å². The number of hydrogen-bond acceptors (Lipinski definition) is 5. The maximum Gasteiger partial charge on any atom is 0.243 e. The molecule has 1 aromatic carbocycles. The van der Waals surface area contributed by atoms with Crippen molar-refractivity contribution in [2.24, 2.45) is 0 Å². The monoisotopic (exact) mass is 306 g/mol. The highest BCUT2D eigenvalue weighted by Crippen LogP contribution is 2.29. The minimum Gasteiger partial charge on any atom is -0.434 e. The fourth-order valence-electron chi connectivity index (χ4n) is 1.50. The van der Waals surface area contributed by atoms with Crippen LogP contribution in [0, 0.1) is 17.1 Å². The Bertz CT molecular complexity index is 687. The molecule has 0 fully saturated rings. The van der Waals surface area contributed by atoms with Crippen LogP contribution in [0.3, 0.4) is 0 Å². The zero-order chi connectivity index (χ0) is 15.2. The molecule has 1 N–H and O–H groups in total. The highest BCUT2D eigenvalue weighted by molar-refractivity contribution is 6.31. The van der Waals surface area contributed by atoms with Crippen LogP contribution in [0.5, 0.6) is 11.6 Å². The van der Waals surface area contributed by atoms with Crippen LogP contribution in [0.15, 0.2) is 24.4 Å². The van der Waals surface area contributed by atoms with Gasteiger partial charge in [-0.05, 0) is 24.6 Å². The topological polar surface area (TPSA) is 70.8 Å². The SMILES string of the molecule is CCCNc1ncc(Cl)c(Oc2ccc(C#N)cc2F)n1. The van der Waals surface area contributed by atoms with Crippen molar-refractivity contribution < 1.29 is 9.13 Å². The van der Waals surface area contributed by atoms with Gasteiger partial charge in [0.2, 0.25) is 11.8 Å². The average molecular weight is 307 g/mol. The van der Waals surface area contributed by atoms with Gasteiger partial charge in [0.05, 0.1) is 17.8 Å². The normalized spacial score (nSPS) is 10.0. The third kappa shape index (κ3) is 3.80. The molecule has 2 aromatic rings. The van der Waals surface area contributed by atoms with Crippen molar-refractivity contribution in [3.05, 3.63) is 40.8 Å². The fraction of sp³-hybridized carbons (Fsp3) is 0.214. The van der Waals surface area contributed by atoms with Crippen LogP contribution in [-0.2, 0) is 0 Å². The zero-order valence-electron chi connectivity index (χ0n) is 11.2. The van der Waals surface area contributed by atoms with Crippen molar-refractivity contribution in [1.82, 2.24) is 9.97 Å². The second kappa shape index (κ2) is 6.86. The van der Waals surface area contributed by atoms with Gasteiger partial charge in [-0.15, -0.1) is 0 Å². The van der Waals surface area contributed by atoms with Crippen molar-refractivity contribution in [3.8, 4) is 17.7 Å². The summed E-state index contributed by atoms with van der Waals surface area (Å²) >= 11 is 5.94. The number of hydrogen-bond donors (Lipinski definition) is 1. The lowest BCUT2D eigenvalue weighted by atomic mass is 10.2. The van der Waals surface area contributed by atoms with Crippen molar-refractivity contribution in [2.45, 2.75) is 13.3 Å². The van der Waals surface area contributed by atoms with E-state index in [4.69, 9.17) is 21.6 Å². The predicted molar refractivity (Wildman–Crippen MR) is 77.0 cm³/mol. The van der Waals surface area contributed by atoms with E-state index in [9.17, 15) is 4.39 Å². The fourth-order valence-corrected chi connectivity index (χ4v) is 1.63. The number of rotatable bonds is 5. The smallest absolute Gasteiger partial charge is 0.243 e. The molecule has 21 heavy (non-hydrogen) atoms. The molecular weight excluding hydrogens is 295 g/mol. The average Bonchev–Trinajstić information content (AvgIpc) is 2.49. The van der Waals surface area contributed by atoms with E-state index in [1.807, 2.05) is 13.0 Å². The highest BCUT2D eigenvalue weighted by atomic mass is 35.5. The first-order valence-corrected chi connectivity index (χ1v) is 6.65. The van der Waals surface area contributed by atoms with Gasteiger partial charge in [0.15, 0.2) is 11.6 Å². The Morgan fingerprint density at radius 2 is 2.29 bits per heavy atom. The van der Waals surface area contributed by atoms with Gasteiger partial charge in [0.1, 0.15) is 5.02 Å². The molecule has 0 radical (unpaired) electrons. The first-order valence-electron chi connectivity index (χ1n) is 6.28. The van der Waals surface area contributed by atoms with Gasteiger partial charge < -0.3 is 10.1 Å². The maximum absolute atomic E-state index is 13.8. The molecule has 0 aliphatic heterocycles. The van der Waals surface area contributed by atoms with E-state index < -0.39 is 5.82 Å². The molecule has 1 aromatic heterocycles. The molecule has 0 amide bonds. The molecule has 0 unspecified atom stereocenters. The molecule has 5 nitrogen and oxygen atoms in total. The Labute approximate surface area is 126 Å². The lowest BCUT2D eigenvalue weighted by Crippen LogP contribution is -2.05. The third-order valence-electron chi connectivity index (χ3n) is 2.51. The van der Waals surface area contributed by atoms with E-state index in [0.29, 0.717) is 12.5 Å². The van der Waals surface area contributed by atoms with Crippen molar-refractivity contribution in [2.75, 3.05) is 11.9 Å². The van der Waals surface area contributed by atoms with Gasteiger partial charge in [-0.2, -0.15) is 10.2 Å². The number of nitrogens with zero attached hydrogens (tertiary/aromatic N) is 3. The van der Waals surface area contributed by atoms with Gasteiger partial charge in [-0.1, -0.05) is 18.5 Å². The molecular formula is C14H12ClFN4O. The molecule has 0 atom stereocenters. The number of halogens is 2. The molecule has 0 saturated heterocycles. The van der Waals surface area contributed by atoms with Gasteiger partial charge in [-0.3, -0.25) is 0 Å². The minimum absolute atomic E-state index is 0.0499. The van der Waals surface area contributed by atoms with Crippen LogP contribution in [0.4, 0.5) is 10.3 Å². The molecule has 0 spiro atoms. The first-order chi connectivity index (χ1) is 10.1. The van der Waals surface area contributed by atoms with E-state index >= 15 is 0 Å². The van der Waals surface area contributed by atoms with Gasteiger partial charge in [-0.25, -0.2) is 9.37 Å². The Hall–Kier alpha value is -2.39. The summed E-state index contributed by atoms with van der Waals surface area (Å²) in [6, 6.07) is 5.73. The Morgan fingerprint density at radius 3 is 2.95 bits per heavy atom. The molecule has 0 aliphatic carbocycles. The lowest BCUT2D eigenvalue weighted by molar-refractivity contribution is 0.427. The third-order valence-corrected chi connectivity index (χ3v) is 2.77. The summed E-state index contributed by atoms with van der Waals surface area (Å²) in [7, 11) is 0. The molecule has 7 heteroatoms. The number of nitrogens with one attached hydrogen (secondary N) is 1. The van der Waals surface area contributed by atoms with E-state index in [2.05, 4.69) is 15.3 Å². The summed E-state index contributed by atoms with van der Waals surface area (Å²) < 4.78 is 19.1. The zero-order valence-corrected chi connectivity index (χ0v) is 12.0. The minimum atomic E-state index is -0.660. The van der Waals surface area contributed by atoms with Crippen LogP contribution in [-0.4, -0.2) is 16.5 Å². The van der Waals surface area contributed by atoms with Crippen LogP contribution in [0.2, 0.25) is 5.02 Å². The largest absolute Gasteiger partial charge is 0.434 e. The standard InChI is InChI=1S/C14H12ClFN4O/c1-2-5-18-14-19-8-10(15)13(20-14)21-12-4-3-9(7-17)6-11(12)16/h3-4,6,8H,2,5H2,1H3,(H,18,19,20). The molecule has 1 heterocycles. The van der Waals surface area contributed by atoms with E-state index in [0.717, 1.165) is 12.5 Å². The number of nitriles is 1. The number of anilines is 1. The Balaban J connectivity index is 2.24. The molecule has 0 bridgehead atoms. The lowest BCUT2D eigenvalue weighted by Gasteiger charge is -2.09. The van der Waals surface area contributed by atoms with E-state index in [-0.39, 0.29) is 22.2 Å². The molecule has 0 saturated carbocycles. The Morgan fingerprint density at radius 1 is 1.48 bits per heavy atom.